The van der Waals surface area contributed by atoms with Gasteiger partial charge in [0.2, 0.25) is 0 Å². The highest BCUT2D eigenvalue weighted by Crippen LogP contribution is 2.28. The van der Waals surface area contributed by atoms with Crippen molar-refractivity contribution in [2.24, 2.45) is 5.92 Å². The number of hydrogen-bond donors (Lipinski definition) is 1. The molecule has 0 radical (unpaired) electrons. The Kier molecular flexibility index (Phi) is 6.64. The van der Waals surface area contributed by atoms with Gasteiger partial charge in [-0.05, 0) is 25.0 Å². The molecule has 0 saturated carbocycles. The normalized spacial score (nSPS) is 20.3. The minimum atomic E-state index is 0. The Bertz CT molecular complexity index is 594. The summed E-state index contributed by atoms with van der Waals surface area (Å²) in [6.07, 6.45) is 0. The first-order valence-corrected chi connectivity index (χ1v) is 8.13. The fraction of sp³-hybridized carbons (Fsp3) is 0.400. The van der Waals surface area contributed by atoms with E-state index >= 15 is 0 Å². The summed E-state index contributed by atoms with van der Waals surface area (Å²) in [4.78, 5) is 0. The molecule has 1 N–H and O–H groups in total. The number of rotatable bonds is 5. The molecule has 2 atom stereocenters. The quantitative estimate of drug-likeness (QED) is 0.884. The van der Waals surface area contributed by atoms with Crippen LogP contribution >= 0.6 is 12.4 Å². The van der Waals surface area contributed by atoms with E-state index in [1.165, 1.54) is 22.3 Å². The summed E-state index contributed by atoms with van der Waals surface area (Å²) in [5.74, 6) is 1.13. The van der Waals surface area contributed by atoms with Gasteiger partial charge in [0.05, 0.1) is 13.2 Å². The molecule has 1 saturated heterocycles. The minimum Gasteiger partial charge on any atom is -0.376 e. The largest absolute Gasteiger partial charge is 0.376 e. The SMILES string of the molecule is Cc1cc(C)cc(COCC2CNCC2c2ccccc2)c1.Cl. The molecule has 0 bridgehead atoms. The lowest BCUT2D eigenvalue weighted by Gasteiger charge is -2.19. The van der Waals surface area contributed by atoms with Crippen molar-refractivity contribution in [1.82, 2.24) is 5.32 Å². The monoisotopic (exact) mass is 331 g/mol. The Morgan fingerprint density at radius 2 is 1.70 bits per heavy atom. The maximum Gasteiger partial charge on any atom is 0.0717 e. The highest BCUT2D eigenvalue weighted by Gasteiger charge is 2.28. The van der Waals surface area contributed by atoms with Crippen molar-refractivity contribution in [3.63, 3.8) is 0 Å². The average molecular weight is 332 g/mol. The van der Waals surface area contributed by atoms with E-state index in [-0.39, 0.29) is 12.4 Å². The van der Waals surface area contributed by atoms with Crippen LogP contribution in [0.1, 0.15) is 28.2 Å². The molecule has 0 aromatic heterocycles. The Hall–Kier alpha value is -1.35. The van der Waals surface area contributed by atoms with E-state index in [1.54, 1.807) is 0 Å². The van der Waals surface area contributed by atoms with E-state index in [0.29, 0.717) is 18.4 Å². The molecule has 0 spiro atoms. The first-order valence-electron chi connectivity index (χ1n) is 8.13. The van der Waals surface area contributed by atoms with E-state index < -0.39 is 0 Å². The minimum absolute atomic E-state index is 0. The van der Waals surface area contributed by atoms with Crippen molar-refractivity contribution in [2.75, 3.05) is 19.7 Å². The number of hydrogen-bond acceptors (Lipinski definition) is 2. The van der Waals surface area contributed by atoms with Gasteiger partial charge in [-0.15, -0.1) is 12.4 Å². The third-order valence-electron chi connectivity index (χ3n) is 4.45. The van der Waals surface area contributed by atoms with Gasteiger partial charge in [-0.25, -0.2) is 0 Å². The van der Waals surface area contributed by atoms with E-state index in [9.17, 15) is 0 Å². The number of halogens is 1. The molecular formula is C20H26ClNO. The number of benzene rings is 2. The topological polar surface area (TPSA) is 21.3 Å². The predicted octanol–water partition coefficient (Wildman–Crippen LogP) is 4.25. The zero-order valence-corrected chi connectivity index (χ0v) is 14.7. The van der Waals surface area contributed by atoms with Gasteiger partial charge in [0.15, 0.2) is 0 Å². The fourth-order valence-electron chi connectivity index (χ4n) is 3.48. The van der Waals surface area contributed by atoms with Gasteiger partial charge < -0.3 is 10.1 Å². The van der Waals surface area contributed by atoms with Crippen LogP contribution in [0, 0.1) is 19.8 Å². The standard InChI is InChI=1S/C20H25NO.ClH/c1-15-8-16(2)10-17(9-15)13-22-14-19-11-21-12-20(19)18-6-4-3-5-7-18;/h3-10,19-21H,11-14H2,1-2H3;1H. The molecule has 1 aliphatic rings. The lowest BCUT2D eigenvalue weighted by atomic mass is 9.89. The summed E-state index contributed by atoms with van der Waals surface area (Å²) in [7, 11) is 0. The third kappa shape index (κ3) is 4.81. The van der Waals surface area contributed by atoms with Gasteiger partial charge in [0.1, 0.15) is 0 Å². The maximum atomic E-state index is 6.03. The van der Waals surface area contributed by atoms with Crippen molar-refractivity contribution < 1.29 is 4.74 Å². The van der Waals surface area contributed by atoms with Gasteiger partial charge in [-0.3, -0.25) is 0 Å². The number of aryl methyl sites for hydroxylation is 2. The lowest BCUT2D eigenvalue weighted by Crippen LogP contribution is -2.17. The Morgan fingerprint density at radius 3 is 2.39 bits per heavy atom. The van der Waals surface area contributed by atoms with Crippen LogP contribution in [0.15, 0.2) is 48.5 Å². The Morgan fingerprint density at radius 1 is 1.00 bits per heavy atom. The summed E-state index contributed by atoms with van der Waals surface area (Å²) in [6, 6.07) is 17.4. The van der Waals surface area contributed by atoms with Gasteiger partial charge >= 0.3 is 0 Å². The van der Waals surface area contributed by atoms with Gasteiger partial charge in [-0.2, -0.15) is 0 Å². The number of ether oxygens (including phenoxy) is 1. The highest BCUT2D eigenvalue weighted by atomic mass is 35.5. The van der Waals surface area contributed by atoms with Crippen LogP contribution in [0.5, 0.6) is 0 Å². The van der Waals surface area contributed by atoms with Crippen LogP contribution in [0.2, 0.25) is 0 Å². The Labute approximate surface area is 145 Å². The smallest absolute Gasteiger partial charge is 0.0717 e. The van der Waals surface area contributed by atoms with E-state index in [0.717, 1.165) is 19.7 Å². The zero-order chi connectivity index (χ0) is 15.4. The second-order valence-corrected chi connectivity index (χ2v) is 6.45. The van der Waals surface area contributed by atoms with Crippen molar-refractivity contribution in [3.05, 3.63) is 70.8 Å². The molecule has 2 nitrogen and oxygen atoms in total. The van der Waals surface area contributed by atoms with E-state index in [2.05, 4.69) is 67.7 Å². The molecule has 23 heavy (non-hydrogen) atoms. The molecule has 2 unspecified atom stereocenters. The molecule has 3 heteroatoms. The second kappa shape index (κ2) is 8.49. The fourth-order valence-corrected chi connectivity index (χ4v) is 3.48. The predicted molar refractivity (Wildman–Crippen MR) is 98.4 cm³/mol. The summed E-state index contributed by atoms with van der Waals surface area (Å²) in [6.45, 7) is 7.92. The van der Waals surface area contributed by atoms with E-state index in [1.807, 2.05) is 0 Å². The lowest BCUT2D eigenvalue weighted by molar-refractivity contribution is 0.0877. The van der Waals surface area contributed by atoms with Crippen LogP contribution in [-0.2, 0) is 11.3 Å². The molecule has 1 aliphatic heterocycles. The molecule has 0 aliphatic carbocycles. The molecule has 1 fully saturated rings. The highest BCUT2D eigenvalue weighted by molar-refractivity contribution is 5.85. The van der Waals surface area contributed by atoms with Crippen molar-refractivity contribution in [2.45, 2.75) is 26.4 Å². The van der Waals surface area contributed by atoms with Crippen molar-refractivity contribution in [3.8, 4) is 0 Å². The van der Waals surface area contributed by atoms with Crippen LogP contribution in [0.3, 0.4) is 0 Å². The summed E-state index contributed by atoms with van der Waals surface area (Å²) < 4.78 is 6.03. The second-order valence-electron chi connectivity index (χ2n) is 6.45. The maximum absolute atomic E-state index is 6.03. The van der Waals surface area contributed by atoms with Crippen molar-refractivity contribution >= 4 is 12.4 Å². The first kappa shape index (κ1) is 18.0. The number of nitrogens with one attached hydrogen (secondary N) is 1. The average Bonchev–Trinajstić information content (AvgIpc) is 2.96. The summed E-state index contributed by atoms with van der Waals surface area (Å²) in [5.41, 5.74) is 5.32. The molecule has 3 rings (SSSR count). The first-order chi connectivity index (χ1) is 10.7. The molecular weight excluding hydrogens is 306 g/mol. The van der Waals surface area contributed by atoms with Gasteiger partial charge in [0.25, 0.3) is 0 Å². The van der Waals surface area contributed by atoms with E-state index in [4.69, 9.17) is 4.74 Å². The van der Waals surface area contributed by atoms with Crippen molar-refractivity contribution in [1.29, 1.82) is 0 Å². The molecule has 124 valence electrons. The Balaban J connectivity index is 0.00000192. The molecule has 1 heterocycles. The molecule has 0 amide bonds. The molecule has 2 aromatic rings. The third-order valence-corrected chi connectivity index (χ3v) is 4.45. The van der Waals surface area contributed by atoms with Gasteiger partial charge in [0, 0.05) is 24.9 Å². The van der Waals surface area contributed by atoms with Gasteiger partial charge in [-0.1, -0.05) is 59.7 Å². The van der Waals surface area contributed by atoms with Crippen LogP contribution in [0.4, 0.5) is 0 Å². The molecule has 2 aromatic carbocycles. The van der Waals surface area contributed by atoms with Crippen LogP contribution in [0.25, 0.3) is 0 Å². The zero-order valence-electron chi connectivity index (χ0n) is 13.9. The summed E-state index contributed by atoms with van der Waals surface area (Å²) >= 11 is 0. The summed E-state index contributed by atoms with van der Waals surface area (Å²) in [5, 5.41) is 3.51. The van der Waals surface area contributed by atoms with Crippen LogP contribution < -0.4 is 5.32 Å². The van der Waals surface area contributed by atoms with Crippen LogP contribution in [-0.4, -0.2) is 19.7 Å².